The van der Waals surface area contributed by atoms with Gasteiger partial charge in [0, 0.05) is 18.7 Å². The van der Waals surface area contributed by atoms with Crippen LogP contribution in [0.2, 0.25) is 0 Å². The maximum atomic E-state index is 9.50. The number of rotatable bonds is 6. The summed E-state index contributed by atoms with van der Waals surface area (Å²) in [5.74, 6) is 1.02. The highest BCUT2D eigenvalue weighted by Gasteiger charge is 2.01. The van der Waals surface area contributed by atoms with Gasteiger partial charge in [0.05, 0.1) is 12.4 Å². The van der Waals surface area contributed by atoms with Crippen LogP contribution in [0.5, 0.6) is 0 Å². The van der Waals surface area contributed by atoms with Crippen molar-refractivity contribution in [2.75, 3.05) is 11.9 Å². The summed E-state index contributed by atoms with van der Waals surface area (Å²) >= 11 is 0. The molecule has 2 rings (SSSR count). The predicted molar refractivity (Wildman–Crippen MR) is 72.6 cm³/mol. The number of hydrogen-bond donors (Lipinski definition) is 2. The first-order chi connectivity index (χ1) is 8.75. The lowest BCUT2D eigenvalue weighted by molar-refractivity contribution is 0.199. The van der Waals surface area contributed by atoms with Crippen molar-refractivity contribution in [3.8, 4) is 0 Å². The molecule has 96 valence electrons. The van der Waals surface area contributed by atoms with Gasteiger partial charge in [-0.05, 0) is 43.2 Å². The molecule has 1 unspecified atom stereocenters. The zero-order valence-corrected chi connectivity index (χ0v) is 10.6. The molecule has 2 N–H and O–H groups in total. The minimum absolute atomic E-state index is 0.421. The van der Waals surface area contributed by atoms with Gasteiger partial charge in [0.25, 0.3) is 0 Å². The van der Waals surface area contributed by atoms with Gasteiger partial charge < -0.3 is 14.8 Å². The number of furan rings is 1. The highest BCUT2D eigenvalue weighted by atomic mass is 16.3. The van der Waals surface area contributed by atoms with Gasteiger partial charge in [0.2, 0.25) is 0 Å². The highest BCUT2D eigenvalue weighted by molar-refractivity contribution is 5.46. The molecule has 1 aromatic heterocycles. The van der Waals surface area contributed by atoms with Crippen molar-refractivity contribution in [3.05, 3.63) is 54.0 Å². The molecule has 1 atom stereocenters. The third-order valence-corrected chi connectivity index (χ3v) is 2.88. The Morgan fingerprint density at radius 2 is 2.17 bits per heavy atom. The molecule has 0 radical (unpaired) electrons. The van der Waals surface area contributed by atoms with Crippen LogP contribution in [0.15, 0.2) is 47.1 Å². The maximum absolute atomic E-state index is 9.50. The van der Waals surface area contributed by atoms with E-state index in [0.717, 1.165) is 36.4 Å². The van der Waals surface area contributed by atoms with Crippen LogP contribution in [0.4, 0.5) is 5.69 Å². The Labute approximate surface area is 107 Å². The Hall–Kier alpha value is -1.74. The summed E-state index contributed by atoms with van der Waals surface area (Å²) in [6.45, 7) is 2.67. The quantitative estimate of drug-likeness (QED) is 0.767. The molecule has 0 bridgehead atoms. The Morgan fingerprint density at radius 3 is 2.89 bits per heavy atom. The molecule has 3 heteroatoms. The topological polar surface area (TPSA) is 45.4 Å². The number of aryl methyl sites for hydroxylation is 1. The minimum atomic E-state index is -0.421. The molecule has 0 saturated carbocycles. The summed E-state index contributed by atoms with van der Waals surface area (Å²) in [7, 11) is 0. The van der Waals surface area contributed by atoms with Gasteiger partial charge in [-0.15, -0.1) is 0 Å². The van der Waals surface area contributed by atoms with Gasteiger partial charge in [-0.3, -0.25) is 0 Å². The van der Waals surface area contributed by atoms with E-state index in [1.807, 2.05) is 36.4 Å². The van der Waals surface area contributed by atoms with Gasteiger partial charge in [-0.25, -0.2) is 0 Å². The van der Waals surface area contributed by atoms with E-state index < -0.39 is 6.10 Å². The third kappa shape index (κ3) is 3.64. The molecule has 0 aliphatic carbocycles. The van der Waals surface area contributed by atoms with Crippen LogP contribution in [0, 0.1) is 0 Å². The van der Waals surface area contributed by atoms with E-state index in [-0.39, 0.29) is 0 Å². The summed E-state index contributed by atoms with van der Waals surface area (Å²) in [6, 6.07) is 11.8. The standard InChI is InChI=1S/C15H19NO2/c1-12(17)13-5-2-6-14(11-13)16-9-3-7-15-8-4-10-18-15/h2,4-6,8,10-12,16-17H,3,7,9H2,1H3. The van der Waals surface area contributed by atoms with Crippen molar-refractivity contribution < 1.29 is 9.52 Å². The number of aliphatic hydroxyl groups is 1. The number of anilines is 1. The van der Waals surface area contributed by atoms with Gasteiger partial charge >= 0.3 is 0 Å². The van der Waals surface area contributed by atoms with Crippen LogP contribution in [0.1, 0.15) is 30.8 Å². The summed E-state index contributed by atoms with van der Waals surface area (Å²) in [6.07, 6.45) is 3.24. The molecule has 18 heavy (non-hydrogen) atoms. The van der Waals surface area contributed by atoms with Crippen molar-refractivity contribution in [3.63, 3.8) is 0 Å². The highest BCUT2D eigenvalue weighted by Crippen LogP contribution is 2.17. The van der Waals surface area contributed by atoms with Gasteiger partial charge in [0.1, 0.15) is 5.76 Å². The zero-order chi connectivity index (χ0) is 12.8. The molecule has 0 spiro atoms. The van der Waals surface area contributed by atoms with Crippen LogP contribution in [0.3, 0.4) is 0 Å². The lowest BCUT2D eigenvalue weighted by Crippen LogP contribution is -2.03. The van der Waals surface area contributed by atoms with Crippen LogP contribution in [0.25, 0.3) is 0 Å². The molecule has 0 aliphatic rings. The molecule has 0 saturated heterocycles. The Balaban J connectivity index is 1.78. The van der Waals surface area contributed by atoms with Gasteiger partial charge in [-0.1, -0.05) is 12.1 Å². The predicted octanol–water partition coefficient (Wildman–Crippen LogP) is 3.38. The van der Waals surface area contributed by atoms with Crippen LogP contribution in [-0.2, 0) is 6.42 Å². The second-order valence-electron chi connectivity index (χ2n) is 4.41. The van der Waals surface area contributed by atoms with Crippen LogP contribution >= 0.6 is 0 Å². The average molecular weight is 245 g/mol. The van der Waals surface area contributed by atoms with Crippen molar-refractivity contribution in [2.45, 2.75) is 25.9 Å². The fraction of sp³-hybridized carbons (Fsp3) is 0.333. The SMILES string of the molecule is CC(O)c1cccc(NCCCc2ccco2)c1. The van der Waals surface area contributed by atoms with Gasteiger partial charge in [0.15, 0.2) is 0 Å². The average Bonchev–Trinajstić information content (AvgIpc) is 2.88. The Kier molecular flexibility index (Phi) is 4.42. The fourth-order valence-electron chi connectivity index (χ4n) is 1.86. The zero-order valence-electron chi connectivity index (χ0n) is 10.6. The molecule has 1 aromatic carbocycles. The van der Waals surface area contributed by atoms with E-state index in [9.17, 15) is 5.11 Å². The molecule has 0 fully saturated rings. The minimum Gasteiger partial charge on any atom is -0.469 e. The monoisotopic (exact) mass is 245 g/mol. The summed E-state index contributed by atoms with van der Waals surface area (Å²) in [5, 5.41) is 12.9. The maximum Gasteiger partial charge on any atom is 0.103 e. The third-order valence-electron chi connectivity index (χ3n) is 2.88. The first-order valence-corrected chi connectivity index (χ1v) is 6.30. The second-order valence-corrected chi connectivity index (χ2v) is 4.41. The number of nitrogens with one attached hydrogen (secondary N) is 1. The molecular weight excluding hydrogens is 226 g/mol. The van der Waals surface area contributed by atoms with E-state index in [4.69, 9.17) is 4.42 Å². The van der Waals surface area contributed by atoms with E-state index in [2.05, 4.69) is 5.32 Å². The Morgan fingerprint density at radius 1 is 1.28 bits per heavy atom. The molecule has 1 heterocycles. The molecule has 2 aromatic rings. The van der Waals surface area contributed by atoms with Gasteiger partial charge in [-0.2, -0.15) is 0 Å². The fourth-order valence-corrected chi connectivity index (χ4v) is 1.86. The molecular formula is C15H19NO2. The summed E-state index contributed by atoms with van der Waals surface area (Å²) in [5.41, 5.74) is 1.99. The van der Waals surface area contributed by atoms with Crippen molar-refractivity contribution in [1.82, 2.24) is 0 Å². The smallest absolute Gasteiger partial charge is 0.103 e. The molecule has 0 amide bonds. The Bertz CT molecular complexity index is 463. The molecule has 3 nitrogen and oxygen atoms in total. The van der Waals surface area contributed by atoms with E-state index >= 15 is 0 Å². The first-order valence-electron chi connectivity index (χ1n) is 6.30. The van der Waals surface area contributed by atoms with Crippen molar-refractivity contribution in [2.24, 2.45) is 0 Å². The summed E-state index contributed by atoms with van der Waals surface area (Å²) < 4.78 is 5.28. The van der Waals surface area contributed by atoms with E-state index in [0.29, 0.717) is 0 Å². The second kappa shape index (κ2) is 6.26. The van der Waals surface area contributed by atoms with Crippen molar-refractivity contribution >= 4 is 5.69 Å². The normalized spacial score (nSPS) is 12.3. The van der Waals surface area contributed by atoms with Crippen LogP contribution < -0.4 is 5.32 Å². The molecule has 0 aliphatic heterocycles. The summed E-state index contributed by atoms with van der Waals surface area (Å²) in [4.78, 5) is 0. The first kappa shape index (κ1) is 12.7. The number of aliphatic hydroxyl groups excluding tert-OH is 1. The lowest BCUT2D eigenvalue weighted by Gasteiger charge is -2.09. The van der Waals surface area contributed by atoms with E-state index in [1.54, 1.807) is 13.2 Å². The largest absolute Gasteiger partial charge is 0.469 e. The number of hydrogen-bond acceptors (Lipinski definition) is 3. The van der Waals surface area contributed by atoms with Crippen LogP contribution in [-0.4, -0.2) is 11.7 Å². The van der Waals surface area contributed by atoms with Crippen molar-refractivity contribution in [1.29, 1.82) is 0 Å². The van der Waals surface area contributed by atoms with E-state index in [1.165, 1.54) is 0 Å². The number of benzene rings is 1. The lowest BCUT2D eigenvalue weighted by atomic mass is 10.1.